The van der Waals surface area contributed by atoms with E-state index in [-0.39, 0.29) is 11.6 Å². The minimum Gasteiger partial charge on any atom is -0.206 e. The van der Waals surface area contributed by atoms with Crippen LogP contribution in [0.4, 0.5) is 8.78 Å². The van der Waals surface area contributed by atoms with Gasteiger partial charge in [-0.2, -0.15) is 0 Å². The van der Waals surface area contributed by atoms with Gasteiger partial charge in [-0.25, -0.2) is 8.78 Å². The summed E-state index contributed by atoms with van der Waals surface area (Å²) in [5.41, 5.74) is 3.43. The molecule has 0 bridgehead atoms. The SMILES string of the molecule is Cc1ccc2cccc(F)c2c1-c1c(C)ccc2cccc(F)c12. The lowest BCUT2D eigenvalue weighted by Gasteiger charge is -2.17. The lowest BCUT2D eigenvalue weighted by molar-refractivity contribution is 0.638. The molecule has 0 N–H and O–H groups in total. The molecule has 0 nitrogen and oxygen atoms in total. The molecule has 0 fully saturated rings. The third-order valence-electron chi connectivity index (χ3n) is 4.66. The van der Waals surface area contributed by atoms with Crippen LogP contribution < -0.4 is 0 Å². The largest absolute Gasteiger partial charge is 0.206 e. The molecule has 4 aromatic carbocycles. The van der Waals surface area contributed by atoms with Crippen LogP contribution in [-0.2, 0) is 0 Å². The minimum atomic E-state index is -0.279. The van der Waals surface area contributed by atoms with E-state index in [0.29, 0.717) is 10.8 Å². The third kappa shape index (κ3) is 2.10. The van der Waals surface area contributed by atoms with Crippen molar-refractivity contribution in [1.82, 2.24) is 0 Å². The first-order valence-electron chi connectivity index (χ1n) is 7.94. The van der Waals surface area contributed by atoms with Gasteiger partial charge in [0.1, 0.15) is 11.6 Å². The number of benzene rings is 4. The van der Waals surface area contributed by atoms with E-state index in [2.05, 4.69) is 0 Å². The summed E-state index contributed by atoms with van der Waals surface area (Å²) in [4.78, 5) is 0. The van der Waals surface area contributed by atoms with Crippen molar-refractivity contribution >= 4 is 21.5 Å². The van der Waals surface area contributed by atoms with E-state index in [4.69, 9.17) is 0 Å². The highest BCUT2D eigenvalue weighted by atomic mass is 19.1. The molecule has 4 rings (SSSR count). The number of aryl methyl sites for hydroxylation is 2. The lowest BCUT2D eigenvalue weighted by atomic mass is 9.87. The van der Waals surface area contributed by atoms with Crippen molar-refractivity contribution in [3.05, 3.63) is 83.4 Å². The Hall–Kier alpha value is -2.74. The minimum absolute atomic E-state index is 0.279. The van der Waals surface area contributed by atoms with Crippen molar-refractivity contribution in [3.8, 4) is 11.1 Å². The fourth-order valence-electron chi connectivity index (χ4n) is 3.52. The molecule has 0 spiro atoms. The molecule has 0 aliphatic heterocycles. The van der Waals surface area contributed by atoms with Crippen molar-refractivity contribution in [2.24, 2.45) is 0 Å². The Kier molecular flexibility index (Phi) is 3.34. The summed E-state index contributed by atoms with van der Waals surface area (Å²) < 4.78 is 29.3. The van der Waals surface area contributed by atoms with E-state index in [1.54, 1.807) is 12.1 Å². The predicted molar refractivity (Wildman–Crippen MR) is 96.3 cm³/mol. The Morgan fingerprint density at radius 3 is 1.38 bits per heavy atom. The summed E-state index contributed by atoms with van der Waals surface area (Å²) in [5.74, 6) is -0.558. The molecule has 2 heteroatoms. The molecule has 118 valence electrons. The maximum atomic E-state index is 14.7. The number of rotatable bonds is 1. The fraction of sp³-hybridized carbons (Fsp3) is 0.0909. The zero-order valence-corrected chi connectivity index (χ0v) is 13.5. The van der Waals surface area contributed by atoms with Crippen molar-refractivity contribution in [1.29, 1.82) is 0 Å². The molecule has 0 heterocycles. The van der Waals surface area contributed by atoms with Crippen LogP contribution in [0, 0.1) is 25.5 Å². The summed E-state index contributed by atoms with van der Waals surface area (Å²) in [5, 5.41) is 2.75. The number of hydrogen-bond donors (Lipinski definition) is 0. The first kappa shape index (κ1) is 14.8. The zero-order valence-electron chi connectivity index (χ0n) is 13.5. The van der Waals surface area contributed by atoms with Gasteiger partial charge in [0.2, 0.25) is 0 Å². The van der Waals surface area contributed by atoms with Gasteiger partial charge in [-0.05, 0) is 59.0 Å². The van der Waals surface area contributed by atoms with Gasteiger partial charge in [0.25, 0.3) is 0 Å². The summed E-state index contributed by atoms with van der Waals surface area (Å²) in [7, 11) is 0. The molecular formula is C22H16F2. The van der Waals surface area contributed by atoms with Crippen molar-refractivity contribution in [3.63, 3.8) is 0 Å². The van der Waals surface area contributed by atoms with E-state index >= 15 is 0 Å². The van der Waals surface area contributed by atoms with Gasteiger partial charge in [-0.3, -0.25) is 0 Å². The third-order valence-corrected chi connectivity index (χ3v) is 4.66. The van der Waals surface area contributed by atoms with Crippen LogP contribution in [0.5, 0.6) is 0 Å². The van der Waals surface area contributed by atoms with Gasteiger partial charge in [0, 0.05) is 10.8 Å². The van der Waals surface area contributed by atoms with Crippen molar-refractivity contribution in [2.75, 3.05) is 0 Å². The molecule has 0 aliphatic carbocycles. The summed E-state index contributed by atoms with van der Waals surface area (Å²) >= 11 is 0. The van der Waals surface area contributed by atoms with Crippen LogP contribution in [-0.4, -0.2) is 0 Å². The van der Waals surface area contributed by atoms with Gasteiger partial charge in [-0.15, -0.1) is 0 Å². The molecule has 4 aromatic rings. The normalized spacial score (nSPS) is 11.3. The predicted octanol–water partition coefficient (Wildman–Crippen LogP) is 6.56. The van der Waals surface area contributed by atoms with Gasteiger partial charge in [-0.1, -0.05) is 48.5 Å². The monoisotopic (exact) mass is 318 g/mol. The van der Waals surface area contributed by atoms with Crippen molar-refractivity contribution in [2.45, 2.75) is 13.8 Å². The zero-order chi connectivity index (χ0) is 16.8. The first-order chi connectivity index (χ1) is 11.6. The summed E-state index contributed by atoms with van der Waals surface area (Å²) in [6.07, 6.45) is 0. The van der Waals surface area contributed by atoms with Gasteiger partial charge in [0.05, 0.1) is 0 Å². The van der Waals surface area contributed by atoms with E-state index in [1.165, 1.54) is 12.1 Å². The summed E-state index contributed by atoms with van der Waals surface area (Å²) in [6, 6.07) is 17.9. The highest BCUT2D eigenvalue weighted by molar-refractivity contribution is 6.08. The molecule has 0 aromatic heterocycles. The van der Waals surface area contributed by atoms with E-state index in [1.807, 2.05) is 50.2 Å². The van der Waals surface area contributed by atoms with Crippen LogP contribution in [0.15, 0.2) is 60.7 Å². The topological polar surface area (TPSA) is 0 Å². The highest BCUT2D eigenvalue weighted by Crippen LogP contribution is 2.40. The Balaban J connectivity index is 2.27. The fourth-order valence-corrected chi connectivity index (χ4v) is 3.52. The van der Waals surface area contributed by atoms with Crippen LogP contribution in [0.2, 0.25) is 0 Å². The maximum absolute atomic E-state index is 14.7. The molecule has 0 saturated carbocycles. The van der Waals surface area contributed by atoms with Crippen LogP contribution in [0.25, 0.3) is 32.7 Å². The Morgan fingerprint density at radius 1 is 0.542 bits per heavy atom. The molecule has 24 heavy (non-hydrogen) atoms. The quantitative estimate of drug-likeness (QED) is 0.373. The van der Waals surface area contributed by atoms with Crippen LogP contribution in [0.3, 0.4) is 0 Å². The number of hydrogen-bond acceptors (Lipinski definition) is 0. The van der Waals surface area contributed by atoms with E-state index < -0.39 is 0 Å². The summed E-state index contributed by atoms with van der Waals surface area (Å²) in [6.45, 7) is 3.89. The average Bonchev–Trinajstić information content (AvgIpc) is 2.57. The molecule has 0 aliphatic rings. The standard InChI is InChI=1S/C22H16F2/c1-13-9-11-15-5-3-7-17(23)21(15)19(13)20-14(2)10-12-16-6-4-8-18(24)22(16)20/h3-12H,1-2H3. The van der Waals surface area contributed by atoms with Crippen LogP contribution >= 0.6 is 0 Å². The average molecular weight is 318 g/mol. The molecule has 0 radical (unpaired) electrons. The second-order valence-electron chi connectivity index (χ2n) is 6.19. The molecule has 0 amide bonds. The molecule has 0 unspecified atom stereocenters. The van der Waals surface area contributed by atoms with Crippen molar-refractivity contribution < 1.29 is 8.78 Å². The lowest BCUT2D eigenvalue weighted by Crippen LogP contribution is -1.95. The van der Waals surface area contributed by atoms with E-state index in [9.17, 15) is 8.78 Å². The molecule has 0 saturated heterocycles. The van der Waals surface area contributed by atoms with Crippen LogP contribution in [0.1, 0.15) is 11.1 Å². The number of halogens is 2. The first-order valence-corrected chi connectivity index (χ1v) is 7.94. The maximum Gasteiger partial charge on any atom is 0.131 e. The van der Waals surface area contributed by atoms with E-state index in [0.717, 1.165) is 33.0 Å². The van der Waals surface area contributed by atoms with Gasteiger partial charge in [0.15, 0.2) is 0 Å². The Labute approximate surface area is 139 Å². The second kappa shape index (κ2) is 5.41. The highest BCUT2D eigenvalue weighted by Gasteiger charge is 2.17. The smallest absolute Gasteiger partial charge is 0.131 e. The Bertz CT molecular complexity index is 1000. The van der Waals surface area contributed by atoms with Gasteiger partial charge >= 0.3 is 0 Å². The molecular weight excluding hydrogens is 302 g/mol. The Morgan fingerprint density at radius 2 is 0.958 bits per heavy atom. The van der Waals surface area contributed by atoms with Gasteiger partial charge < -0.3 is 0 Å². The molecule has 0 atom stereocenters. The number of fused-ring (bicyclic) bond motifs is 2. The second-order valence-corrected chi connectivity index (χ2v) is 6.19.